The monoisotopic (exact) mass is 423 g/mol. The van der Waals surface area contributed by atoms with Gasteiger partial charge in [0.1, 0.15) is 16.8 Å². The maximum absolute atomic E-state index is 13.5. The summed E-state index contributed by atoms with van der Waals surface area (Å²) in [5.41, 5.74) is 1.65. The van der Waals surface area contributed by atoms with Crippen molar-refractivity contribution in [2.24, 2.45) is 0 Å². The number of para-hydroxylation sites is 1. The van der Waals surface area contributed by atoms with Gasteiger partial charge in [0.15, 0.2) is 5.76 Å². The first-order chi connectivity index (χ1) is 14.3. The lowest BCUT2D eigenvalue weighted by molar-refractivity contribution is -0.117. The van der Waals surface area contributed by atoms with E-state index in [4.69, 9.17) is 0 Å². The van der Waals surface area contributed by atoms with Crippen LogP contribution in [0.3, 0.4) is 0 Å². The van der Waals surface area contributed by atoms with E-state index >= 15 is 0 Å². The maximum atomic E-state index is 13.5. The average Bonchev–Trinajstić information content (AvgIpc) is 3.01. The molecule has 3 aromatic carbocycles. The second-order valence-corrected chi connectivity index (χ2v) is 8.91. The van der Waals surface area contributed by atoms with Crippen LogP contribution in [0, 0.1) is 12.7 Å². The highest BCUT2D eigenvalue weighted by Gasteiger charge is 2.47. The molecule has 0 bridgehead atoms. The third-order valence-corrected chi connectivity index (χ3v) is 6.89. The summed E-state index contributed by atoms with van der Waals surface area (Å²) in [5.74, 6) is -2.17. The lowest BCUT2D eigenvalue weighted by atomic mass is 10.1. The number of aliphatic hydroxyl groups excluding tert-OH is 1. The first kappa shape index (κ1) is 19.8. The van der Waals surface area contributed by atoms with E-state index in [2.05, 4.69) is 0 Å². The van der Waals surface area contributed by atoms with E-state index in [0.29, 0.717) is 11.3 Å². The molecule has 1 N–H and O–H groups in total. The molecule has 0 saturated heterocycles. The van der Waals surface area contributed by atoms with Crippen molar-refractivity contribution in [1.82, 2.24) is 0 Å². The van der Waals surface area contributed by atoms with Crippen LogP contribution in [-0.4, -0.2) is 19.4 Å². The molecule has 7 heteroatoms. The van der Waals surface area contributed by atoms with Gasteiger partial charge in [-0.3, -0.25) is 9.69 Å². The number of carbonyl (C=O) groups excluding carboxylic acids is 1. The summed E-state index contributed by atoms with van der Waals surface area (Å²) >= 11 is 0. The first-order valence-corrected chi connectivity index (χ1v) is 10.7. The molecule has 1 atom stereocenters. The number of carbonyl (C=O) groups is 1. The summed E-state index contributed by atoms with van der Waals surface area (Å²) < 4.78 is 40.4. The first-order valence-electron chi connectivity index (χ1n) is 9.19. The zero-order chi connectivity index (χ0) is 21.5. The van der Waals surface area contributed by atoms with Crippen molar-refractivity contribution in [2.45, 2.75) is 17.9 Å². The van der Waals surface area contributed by atoms with Crippen LogP contribution in [0.15, 0.2) is 94.4 Å². The minimum atomic E-state index is -4.21. The van der Waals surface area contributed by atoms with Crippen LogP contribution in [0.4, 0.5) is 10.1 Å². The van der Waals surface area contributed by atoms with Gasteiger partial charge in [-0.05, 0) is 48.9 Å². The SMILES string of the molecule is Cc1ccc(S(=O)(=O)C2=C(O)C(=O)N(c3ccccc3)C2c2ccc(F)cc2)cc1. The molecule has 1 amide bonds. The number of anilines is 1. The minimum Gasteiger partial charge on any atom is -0.502 e. The van der Waals surface area contributed by atoms with E-state index in [-0.39, 0.29) is 4.90 Å². The minimum absolute atomic E-state index is 0.0375. The summed E-state index contributed by atoms with van der Waals surface area (Å²) in [6.07, 6.45) is 0. The van der Waals surface area contributed by atoms with E-state index in [1.54, 1.807) is 42.5 Å². The maximum Gasteiger partial charge on any atom is 0.295 e. The molecule has 30 heavy (non-hydrogen) atoms. The molecule has 1 aliphatic heterocycles. The second kappa shape index (κ2) is 7.42. The van der Waals surface area contributed by atoms with Crippen LogP contribution >= 0.6 is 0 Å². The number of hydrogen-bond donors (Lipinski definition) is 1. The van der Waals surface area contributed by atoms with Crippen molar-refractivity contribution < 1.29 is 22.7 Å². The van der Waals surface area contributed by atoms with Gasteiger partial charge in [-0.1, -0.05) is 48.0 Å². The Hall–Kier alpha value is -3.45. The number of amides is 1. The number of halogens is 1. The number of hydrogen-bond acceptors (Lipinski definition) is 4. The van der Waals surface area contributed by atoms with Crippen molar-refractivity contribution in [2.75, 3.05) is 4.90 Å². The molecule has 0 fully saturated rings. The van der Waals surface area contributed by atoms with Crippen LogP contribution < -0.4 is 4.90 Å². The Kier molecular flexibility index (Phi) is 4.91. The van der Waals surface area contributed by atoms with Crippen molar-refractivity contribution in [3.8, 4) is 0 Å². The van der Waals surface area contributed by atoms with Crippen LogP contribution in [0.25, 0.3) is 0 Å². The predicted molar refractivity (Wildman–Crippen MR) is 111 cm³/mol. The molecule has 1 unspecified atom stereocenters. The Labute approximate surface area is 173 Å². The number of aryl methyl sites for hydroxylation is 1. The van der Waals surface area contributed by atoms with E-state index in [0.717, 1.165) is 5.56 Å². The molecule has 5 nitrogen and oxygen atoms in total. The molecule has 3 aromatic rings. The van der Waals surface area contributed by atoms with Gasteiger partial charge in [0, 0.05) is 5.69 Å². The van der Waals surface area contributed by atoms with Gasteiger partial charge < -0.3 is 5.11 Å². The van der Waals surface area contributed by atoms with Crippen molar-refractivity contribution in [3.63, 3.8) is 0 Å². The van der Waals surface area contributed by atoms with E-state index in [1.807, 2.05) is 6.92 Å². The summed E-state index contributed by atoms with van der Waals surface area (Å²) in [6, 6.07) is 18.7. The molecule has 4 rings (SSSR count). The third kappa shape index (κ3) is 3.27. The van der Waals surface area contributed by atoms with Gasteiger partial charge in [-0.15, -0.1) is 0 Å². The fourth-order valence-electron chi connectivity index (χ4n) is 3.50. The highest BCUT2D eigenvalue weighted by atomic mass is 32.2. The Balaban J connectivity index is 1.94. The standard InChI is InChI=1S/C23H18FNO4S/c1-15-7-13-19(14-8-15)30(28,29)22-20(16-9-11-17(24)12-10-16)25(23(27)21(22)26)18-5-3-2-4-6-18/h2-14,20,26H,1H3. The quantitative estimate of drug-likeness (QED) is 0.672. The highest BCUT2D eigenvalue weighted by Crippen LogP contribution is 2.44. The summed E-state index contributed by atoms with van der Waals surface area (Å²) in [4.78, 5) is 13.7. The smallest absolute Gasteiger partial charge is 0.295 e. The molecule has 0 aliphatic carbocycles. The molecule has 0 saturated carbocycles. The largest absolute Gasteiger partial charge is 0.502 e. The molecular weight excluding hydrogens is 405 g/mol. The fourth-order valence-corrected chi connectivity index (χ4v) is 5.13. The number of rotatable bonds is 4. The second-order valence-electron chi connectivity index (χ2n) is 6.99. The summed E-state index contributed by atoms with van der Waals surface area (Å²) in [7, 11) is -4.21. The number of sulfone groups is 1. The summed E-state index contributed by atoms with van der Waals surface area (Å²) in [5, 5.41) is 10.7. The van der Waals surface area contributed by atoms with E-state index in [1.165, 1.54) is 41.3 Å². The molecule has 152 valence electrons. The third-order valence-electron chi connectivity index (χ3n) is 5.00. The van der Waals surface area contributed by atoms with Crippen molar-refractivity contribution in [1.29, 1.82) is 0 Å². The molecular formula is C23H18FNO4S. The molecule has 0 spiro atoms. The molecule has 0 radical (unpaired) electrons. The number of benzene rings is 3. The number of nitrogens with zero attached hydrogens (tertiary/aromatic N) is 1. The van der Waals surface area contributed by atoms with Crippen LogP contribution in [-0.2, 0) is 14.6 Å². The Morgan fingerprint density at radius 1 is 0.900 bits per heavy atom. The average molecular weight is 423 g/mol. The number of aliphatic hydroxyl groups is 1. The van der Waals surface area contributed by atoms with Crippen LogP contribution in [0.2, 0.25) is 0 Å². The van der Waals surface area contributed by atoms with Gasteiger partial charge in [0.2, 0.25) is 9.84 Å². The Bertz CT molecular complexity index is 1230. The predicted octanol–water partition coefficient (Wildman–Crippen LogP) is 4.47. The lowest BCUT2D eigenvalue weighted by Crippen LogP contribution is -2.31. The Morgan fingerprint density at radius 3 is 2.10 bits per heavy atom. The van der Waals surface area contributed by atoms with Gasteiger partial charge >= 0.3 is 0 Å². The van der Waals surface area contributed by atoms with Gasteiger partial charge in [0.05, 0.1) is 4.90 Å². The summed E-state index contributed by atoms with van der Waals surface area (Å²) in [6.45, 7) is 1.82. The van der Waals surface area contributed by atoms with Crippen LogP contribution in [0.1, 0.15) is 17.2 Å². The van der Waals surface area contributed by atoms with Crippen molar-refractivity contribution >= 4 is 21.4 Å². The van der Waals surface area contributed by atoms with E-state index in [9.17, 15) is 22.7 Å². The van der Waals surface area contributed by atoms with Crippen LogP contribution in [0.5, 0.6) is 0 Å². The van der Waals surface area contributed by atoms with Gasteiger partial charge in [-0.2, -0.15) is 0 Å². The molecule has 0 aromatic heterocycles. The fraction of sp³-hybridized carbons (Fsp3) is 0.0870. The zero-order valence-electron chi connectivity index (χ0n) is 16.0. The highest BCUT2D eigenvalue weighted by molar-refractivity contribution is 7.95. The molecule has 1 heterocycles. The van der Waals surface area contributed by atoms with Crippen molar-refractivity contribution in [3.05, 3.63) is 106 Å². The Morgan fingerprint density at radius 2 is 1.50 bits per heavy atom. The van der Waals surface area contributed by atoms with Gasteiger partial charge in [-0.25, -0.2) is 12.8 Å². The van der Waals surface area contributed by atoms with E-state index < -0.39 is 38.3 Å². The zero-order valence-corrected chi connectivity index (χ0v) is 16.8. The lowest BCUT2D eigenvalue weighted by Gasteiger charge is -2.27. The topological polar surface area (TPSA) is 74.7 Å². The normalized spacial score (nSPS) is 16.9. The van der Waals surface area contributed by atoms with Gasteiger partial charge in [0.25, 0.3) is 5.91 Å². The molecule has 1 aliphatic rings.